The highest BCUT2D eigenvalue weighted by molar-refractivity contribution is 6.31. The number of hydrogen-bond acceptors (Lipinski definition) is 2. The molecular weight excluding hydrogens is 255 g/mol. The highest BCUT2D eigenvalue weighted by Gasteiger charge is 2.24. The summed E-state index contributed by atoms with van der Waals surface area (Å²) < 4.78 is 13.6. The van der Waals surface area contributed by atoms with Crippen molar-refractivity contribution in [1.82, 2.24) is 10.2 Å². The van der Waals surface area contributed by atoms with E-state index in [2.05, 4.69) is 5.32 Å². The van der Waals surface area contributed by atoms with Gasteiger partial charge in [0.15, 0.2) is 0 Å². The number of amides is 1. The highest BCUT2D eigenvalue weighted by atomic mass is 35.5. The molecule has 0 radical (unpaired) electrons. The number of rotatable bonds is 3. The van der Waals surface area contributed by atoms with Crippen LogP contribution in [-0.2, 0) is 11.2 Å². The van der Waals surface area contributed by atoms with Crippen LogP contribution in [0.25, 0.3) is 0 Å². The van der Waals surface area contributed by atoms with Crippen LogP contribution in [0.15, 0.2) is 18.2 Å². The SMILES string of the molecule is CN(C(=O)Cc1c(F)cccc1Cl)C1CCNC1. The summed E-state index contributed by atoms with van der Waals surface area (Å²) in [5.41, 5.74) is 0.280. The first-order valence-electron chi connectivity index (χ1n) is 5.99. The van der Waals surface area contributed by atoms with Crippen LogP contribution in [0.1, 0.15) is 12.0 Å². The molecule has 98 valence electrons. The maximum Gasteiger partial charge on any atom is 0.227 e. The van der Waals surface area contributed by atoms with E-state index in [1.807, 2.05) is 0 Å². The second kappa shape index (κ2) is 5.67. The number of carbonyl (C=O) groups is 1. The second-order valence-electron chi connectivity index (χ2n) is 4.53. The number of likely N-dealkylation sites (N-methyl/N-ethyl adjacent to an activating group) is 1. The van der Waals surface area contributed by atoms with Crippen molar-refractivity contribution in [2.75, 3.05) is 20.1 Å². The Balaban J connectivity index is 2.06. The highest BCUT2D eigenvalue weighted by Crippen LogP contribution is 2.20. The van der Waals surface area contributed by atoms with E-state index >= 15 is 0 Å². The third-order valence-corrected chi connectivity index (χ3v) is 3.72. The molecule has 1 aliphatic heterocycles. The second-order valence-corrected chi connectivity index (χ2v) is 4.94. The van der Waals surface area contributed by atoms with Gasteiger partial charge in [-0.25, -0.2) is 4.39 Å². The number of benzene rings is 1. The molecule has 3 nitrogen and oxygen atoms in total. The van der Waals surface area contributed by atoms with Gasteiger partial charge in [0.05, 0.1) is 6.42 Å². The van der Waals surface area contributed by atoms with Crippen molar-refractivity contribution in [2.24, 2.45) is 0 Å². The van der Waals surface area contributed by atoms with Crippen LogP contribution in [0.3, 0.4) is 0 Å². The van der Waals surface area contributed by atoms with Gasteiger partial charge in [-0.15, -0.1) is 0 Å². The van der Waals surface area contributed by atoms with Crippen LogP contribution in [0, 0.1) is 5.82 Å². The van der Waals surface area contributed by atoms with E-state index in [-0.39, 0.29) is 23.9 Å². The summed E-state index contributed by atoms with van der Waals surface area (Å²) in [7, 11) is 1.76. The fraction of sp³-hybridized carbons (Fsp3) is 0.462. The number of halogens is 2. The van der Waals surface area contributed by atoms with Gasteiger partial charge in [0.2, 0.25) is 5.91 Å². The Morgan fingerprint density at radius 2 is 2.39 bits per heavy atom. The van der Waals surface area contributed by atoms with E-state index in [1.165, 1.54) is 12.1 Å². The van der Waals surface area contributed by atoms with Gasteiger partial charge in [-0.3, -0.25) is 4.79 Å². The first kappa shape index (κ1) is 13.3. The van der Waals surface area contributed by atoms with Crippen LogP contribution < -0.4 is 5.32 Å². The molecule has 0 aliphatic carbocycles. The Bertz CT molecular complexity index is 426. The summed E-state index contributed by atoms with van der Waals surface area (Å²) in [5.74, 6) is -0.524. The molecule has 1 aromatic rings. The molecule has 0 spiro atoms. The van der Waals surface area contributed by atoms with Crippen LogP contribution >= 0.6 is 11.6 Å². The number of nitrogens with one attached hydrogen (secondary N) is 1. The van der Waals surface area contributed by atoms with Gasteiger partial charge in [-0.2, -0.15) is 0 Å². The smallest absolute Gasteiger partial charge is 0.227 e. The van der Waals surface area contributed by atoms with Gasteiger partial charge in [-0.05, 0) is 25.1 Å². The molecule has 1 aliphatic rings. The van der Waals surface area contributed by atoms with Crippen molar-refractivity contribution in [3.05, 3.63) is 34.6 Å². The van der Waals surface area contributed by atoms with Crippen molar-refractivity contribution in [3.8, 4) is 0 Å². The van der Waals surface area contributed by atoms with Crippen molar-refractivity contribution < 1.29 is 9.18 Å². The predicted octanol–water partition coefficient (Wildman–Crippen LogP) is 1.84. The zero-order valence-electron chi connectivity index (χ0n) is 10.2. The molecule has 1 fully saturated rings. The van der Waals surface area contributed by atoms with Crippen LogP contribution in [0.2, 0.25) is 5.02 Å². The molecule has 1 atom stereocenters. The molecule has 1 heterocycles. The zero-order valence-corrected chi connectivity index (χ0v) is 11.0. The van der Waals surface area contributed by atoms with Crippen LogP contribution in [0.5, 0.6) is 0 Å². The van der Waals surface area contributed by atoms with Gasteiger partial charge in [0.25, 0.3) is 0 Å². The van der Waals surface area contributed by atoms with E-state index < -0.39 is 5.82 Å². The fourth-order valence-corrected chi connectivity index (χ4v) is 2.38. The van der Waals surface area contributed by atoms with Crippen molar-refractivity contribution >= 4 is 17.5 Å². The Hall–Kier alpha value is -1.13. The lowest BCUT2D eigenvalue weighted by Gasteiger charge is -2.24. The lowest BCUT2D eigenvalue weighted by atomic mass is 10.1. The minimum absolute atomic E-state index is 0.0124. The van der Waals surface area contributed by atoms with Gasteiger partial charge >= 0.3 is 0 Å². The first-order chi connectivity index (χ1) is 8.59. The molecule has 1 amide bonds. The van der Waals surface area contributed by atoms with Crippen molar-refractivity contribution in [3.63, 3.8) is 0 Å². The molecule has 18 heavy (non-hydrogen) atoms. The van der Waals surface area contributed by atoms with E-state index in [0.717, 1.165) is 19.5 Å². The third-order valence-electron chi connectivity index (χ3n) is 3.37. The lowest BCUT2D eigenvalue weighted by molar-refractivity contribution is -0.130. The normalized spacial score (nSPS) is 18.9. The molecule has 1 aromatic carbocycles. The van der Waals surface area contributed by atoms with Gasteiger partial charge in [-0.1, -0.05) is 17.7 Å². The molecule has 1 saturated heterocycles. The number of hydrogen-bond donors (Lipinski definition) is 1. The van der Waals surface area contributed by atoms with Crippen molar-refractivity contribution in [1.29, 1.82) is 0 Å². The molecule has 0 aromatic heterocycles. The summed E-state index contributed by atoms with van der Waals surface area (Å²) in [5, 5.41) is 3.51. The first-order valence-corrected chi connectivity index (χ1v) is 6.36. The Morgan fingerprint density at radius 3 is 3.00 bits per heavy atom. The lowest BCUT2D eigenvalue weighted by Crippen LogP contribution is -2.39. The number of nitrogens with zero attached hydrogens (tertiary/aromatic N) is 1. The third kappa shape index (κ3) is 2.82. The summed E-state index contributed by atoms with van der Waals surface area (Å²) in [6, 6.07) is 4.66. The summed E-state index contributed by atoms with van der Waals surface area (Å²) in [4.78, 5) is 13.8. The van der Waals surface area contributed by atoms with Crippen LogP contribution in [0.4, 0.5) is 4.39 Å². The van der Waals surface area contributed by atoms with E-state index in [4.69, 9.17) is 11.6 Å². The maximum absolute atomic E-state index is 13.6. The zero-order chi connectivity index (χ0) is 13.1. The largest absolute Gasteiger partial charge is 0.341 e. The maximum atomic E-state index is 13.6. The molecule has 1 unspecified atom stereocenters. The quantitative estimate of drug-likeness (QED) is 0.909. The number of carbonyl (C=O) groups excluding carboxylic acids is 1. The molecule has 1 N–H and O–H groups in total. The van der Waals surface area contributed by atoms with E-state index in [1.54, 1.807) is 18.0 Å². The van der Waals surface area contributed by atoms with Gasteiger partial charge < -0.3 is 10.2 Å². The topological polar surface area (TPSA) is 32.3 Å². The molecule has 5 heteroatoms. The van der Waals surface area contributed by atoms with Crippen LogP contribution in [-0.4, -0.2) is 37.0 Å². The van der Waals surface area contributed by atoms with Crippen molar-refractivity contribution in [2.45, 2.75) is 18.9 Å². The average Bonchev–Trinajstić information content (AvgIpc) is 2.86. The fourth-order valence-electron chi connectivity index (χ4n) is 2.15. The molecular formula is C13H16ClFN2O. The van der Waals surface area contributed by atoms with Gasteiger partial charge in [0.1, 0.15) is 5.82 Å². The molecule has 0 bridgehead atoms. The molecule has 0 saturated carbocycles. The Kier molecular flexibility index (Phi) is 4.19. The summed E-state index contributed by atoms with van der Waals surface area (Å²) >= 11 is 5.91. The Labute approximate surface area is 111 Å². The standard InChI is InChI=1S/C13H16ClFN2O/c1-17(9-5-6-16-8-9)13(18)7-10-11(14)3-2-4-12(10)15/h2-4,9,16H,5-8H2,1H3. The predicted molar refractivity (Wildman–Crippen MR) is 69.2 cm³/mol. The van der Waals surface area contributed by atoms with E-state index in [9.17, 15) is 9.18 Å². The minimum atomic E-state index is -0.422. The monoisotopic (exact) mass is 270 g/mol. The minimum Gasteiger partial charge on any atom is -0.341 e. The summed E-state index contributed by atoms with van der Waals surface area (Å²) in [6.45, 7) is 1.72. The van der Waals surface area contributed by atoms with Gasteiger partial charge in [0, 0.05) is 30.2 Å². The summed E-state index contributed by atoms with van der Waals surface area (Å²) in [6.07, 6.45) is 0.950. The molecule has 2 rings (SSSR count). The Morgan fingerprint density at radius 1 is 1.61 bits per heavy atom. The van der Waals surface area contributed by atoms with E-state index in [0.29, 0.717) is 5.02 Å². The average molecular weight is 271 g/mol.